The summed E-state index contributed by atoms with van der Waals surface area (Å²) < 4.78 is 0.954. The Morgan fingerprint density at radius 1 is 0.727 bits per heavy atom. The molecule has 136 valence electrons. The van der Waals surface area contributed by atoms with Gasteiger partial charge < -0.3 is 22.0 Å². The molecule has 0 bridgehead atoms. The van der Waals surface area contributed by atoms with Gasteiger partial charge in [-0.05, 0) is 19.8 Å². The minimum absolute atomic E-state index is 0. The van der Waals surface area contributed by atoms with Gasteiger partial charge in [0.2, 0.25) is 0 Å². The van der Waals surface area contributed by atoms with Crippen LogP contribution < -0.4 is 12.4 Å². The first-order valence-electron chi connectivity index (χ1n) is 9.48. The Morgan fingerprint density at radius 2 is 1.09 bits per heavy atom. The first-order valence-corrected chi connectivity index (χ1v) is 9.48. The van der Waals surface area contributed by atoms with E-state index in [-0.39, 0.29) is 18.5 Å². The lowest BCUT2D eigenvalue weighted by Crippen LogP contribution is -3.00. The van der Waals surface area contributed by atoms with E-state index >= 15 is 0 Å². The molecule has 0 amide bonds. The second-order valence-electron chi connectivity index (χ2n) is 7.58. The molecule has 1 unspecified atom stereocenters. The number of hydrogen-bond acceptors (Lipinski definition) is 1. The number of quaternary nitrogens is 1. The highest BCUT2D eigenvalue weighted by Gasteiger charge is 2.16. The van der Waals surface area contributed by atoms with Gasteiger partial charge >= 0.3 is 0 Å². The van der Waals surface area contributed by atoms with Crippen LogP contribution in [0.3, 0.4) is 0 Å². The van der Waals surface area contributed by atoms with Crippen molar-refractivity contribution in [1.82, 2.24) is 0 Å². The predicted octanol–water partition coefficient (Wildman–Crippen LogP) is 2.15. The van der Waals surface area contributed by atoms with E-state index in [1.54, 1.807) is 0 Å². The second kappa shape index (κ2) is 16.1. The van der Waals surface area contributed by atoms with Crippen LogP contribution in [0.2, 0.25) is 0 Å². The van der Waals surface area contributed by atoms with Gasteiger partial charge in [-0.15, -0.1) is 0 Å². The summed E-state index contributed by atoms with van der Waals surface area (Å²) in [5.41, 5.74) is 0. The predicted molar refractivity (Wildman–Crippen MR) is 94.6 cm³/mol. The highest BCUT2D eigenvalue weighted by atomic mass is 35.5. The molecule has 0 saturated heterocycles. The summed E-state index contributed by atoms with van der Waals surface area (Å²) in [6.45, 7) is 6.24. The summed E-state index contributed by atoms with van der Waals surface area (Å²) in [4.78, 5) is 0. The highest BCUT2D eigenvalue weighted by molar-refractivity contribution is 4.49. The zero-order valence-electron chi connectivity index (χ0n) is 15.7. The zero-order valence-corrected chi connectivity index (χ0v) is 16.5. The molecule has 0 spiro atoms. The van der Waals surface area contributed by atoms with Crippen LogP contribution in [-0.4, -0.2) is 42.9 Å². The molecule has 0 saturated carbocycles. The number of aliphatic hydroxyl groups excluding tert-OH is 1. The van der Waals surface area contributed by atoms with Crippen molar-refractivity contribution in [2.24, 2.45) is 0 Å². The molecular formula is C19H42ClNO. The topological polar surface area (TPSA) is 20.2 Å². The summed E-state index contributed by atoms with van der Waals surface area (Å²) in [5.74, 6) is 0. The quantitative estimate of drug-likeness (QED) is 0.359. The van der Waals surface area contributed by atoms with Crippen LogP contribution in [0.4, 0.5) is 0 Å². The lowest BCUT2D eigenvalue weighted by atomic mass is 10.1. The standard InChI is InChI=1S/C19H42NO.ClH/c1-5-6-7-8-9-10-11-12-13-14-15-16-17-20(3,4)18-19(2)21;/h19,21H,5-18H2,1-4H3;1H/q+1;/p-1. The van der Waals surface area contributed by atoms with E-state index in [2.05, 4.69) is 21.0 Å². The van der Waals surface area contributed by atoms with Gasteiger partial charge in [0.1, 0.15) is 12.6 Å². The average Bonchev–Trinajstić information content (AvgIpc) is 2.38. The molecule has 0 aliphatic carbocycles. The Balaban J connectivity index is 0. The summed E-state index contributed by atoms with van der Waals surface area (Å²) in [6.07, 6.45) is 16.7. The number of aliphatic hydroxyl groups is 1. The van der Waals surface area contributed by atoms with Crippen molar-refractivity contribution in [1.29, 1.82) is 0 Å². The molecule has 1 N–H and O–H groups in total. The third kappa shape index (κ3) is 18.3. The van der Waals surface area contributed by atoms with Crippen molar-refractivity contribution in [3.8, 4) is 0 Å². The molecule has 0 rings (SSSR count). The van der Waals surface area contributed by atoms with Crippen molar-refractivity contribution < 1.29 is 22.0 Å². The summed E-state index contributed by atoms with van der Waals surface area (Å²) in [6, 6.07) is 0. The molecule has 0 fully saturated rings. The molecule has 0 aliphatic heterocycles. The first kappa shape index (κ1) is 24.5. The van der Waals surface area contributed by atoms with Crippen LogP contribution in [0, 0.1) is 0 Å². The Bertz CT molecular complexity index is 219. The summed E-state index contributed by atoms with van der Waals surface area (Å²) in [7, 11) is 4.45. The van der Waals surface area contributed by atoms with Gasteiger partial charge in [-0.3, -0.25) is 0 Å². The van der Waals surface area contributed by atoms with Crippen molar-refractivity contribution in [2.75, 3.05) is 27.2 Å². The Kier molecular flexibility index (Phi) is 17.9. The third-order valence-electron chi connectivity index (χ3n) is 4.38. The van der Waals surface area contributed by atoms with Gasteiger partial charge in [0.05, 0.1) is 20.6 Å². The van der Waals surface area contributed by atoms with Crippen molar-refractivity contribution in [3.05, 3.63) is 0 Å². The Labute approximate surface area is 146 Å². The fourth-order valence-corrected chi connectivity index (χ4v) is 3.19. The minimum Gasteiger partial charge on any atom is -1.00 e. The van der Waals surface area contributed by atoms with Gasteiger partial charge in [0.15, 0.2) is 0 Å². The molecule has 0 heterocycles. The van der Waals surface area contributed by atoms with Crippen LogP contribution in [0.15, 0.2) is 0 Å². The Morgan fingerprint density at radius 3 is 1.45 bits per heavy atom. The smallest absolute Gasteiger partial charge is 0.104 e. The van der Waals surface area contributed by atoms with Crippen molar-refractivity contribution in [2.45, 2.75) is 97.0 Å². The van der Waals surface area contributed by atoms with Gasteiger partial charge in [-0.1, -0.05) is 71.1 Å². The number of rotatable bonds is 15. The number of hydrogen-bond donors (Lipinski definition) is 1. The Hall–Kier alpha value is 0.210. The van der Waals surface area contributed by atoms with Crippen LogP contribution in [0.1, 0.15) is 90.9 Å². The van der Waals surface area contributed by atoms with Gasteiger partial charge in [0, 0.05) is 0 Å². The van der Waals surface area contributed by atoms with E-state index in [9.17, 15) is 5.11 Å². The van der Waals surface area contributed by atoms with Gasteiger partial charge in [-0.2, -0.15) is 0 Å². The molecule has 1 atom stereocenters. The average molecular weight is 336 g/mol. The lowest BCUT2D eigenvalue weighted by molar-refractivity contribution is -0.893. The first-order chi connectivity index (χ1) is 9.98. The van der Waals surface area contributed by atoms with Crippen LogP contribution in [0.5, 0.6) is 0 Å². The SMILES string of the molecule is CCCCCCCCCCCCCC[N+](C)(C)CC(C)O.[Cl-]. The fraction of sp³-hybridized carbons (Fsp3) is 1.00. The molecule has 0 aromatic rings. The monoisotopic (exact) mass is 335 g/mol. The maximum atomic E-state index is 9.46. The second-order valence-corrected chi connectivity index (χ2v) is 7.58. The van der Waals surface area contributed by atoms with E-state index in [0.717, 1.165) is 11.0 Å². The van der Waals surface area contributed by atoms with Crippen LogP contribution >= 0.6 is 0 Å². The molecule has 0 aliphatic rings. The maximum absolute atomic E-state index is 9.46. The van der Waals surface area contributed by atoms with E-state index in [1.165, 1.54) is 83.6 Å². The van der Waals surface area contributed by atoms with Gasteiger partial charge in [-0.25, -0.2) is 0 Å². The molecule has 2 nitrogen and oxygen atoms in total. The molecule has 0 radical (unpaired) electrons. The molecular weight excluding hydrogens is 294 g/mol. The molecule has 3 heteroatoms. The molecule has 0 aromatic carbocycles. The molecule has 0 aromatic heterocycles. The van der Waals surface area contributed by atoms with E-state index < -0.39 is 0 Å². The number of nitrogens with zero attached hydrogens (tertiary/aromatic N) is 1. The van der Waals surface area contributed by atoms with Crippen molar-refractivity contribution in [3.63, 3.8) is 0 Å². The van der Waals surface area contributed by atoms with Crippen LogP contribution in [-0.2, 0) is 0 Å². The number of halogens is 1. The zero-order chi connectivity index (χ0) is 16.0. The largest absolute Gasteiger partial charge is 1.00 e. The fourth-order valence-electron chi connectivity index (χ4n) is 3.19. The number of unbranched alkanes of at least 4 members (excludes halogenated alkanes) is 11. The number of likely N-dealkylation sites (N-methyl/N-ethyl adjacent to an activating group) is 1. The molecule has 22 heavy (non-hydrogen) atoms. The van der Waals surface area contributed by atoms with Crippen molar-refractivity contribution >= 4 is 0 Å². The van der Waals surface area contributed by atoms with E-state index in [4.69, 9.17) is 0 Å². The summed E-state index contributed by atoms with van der Waals surface area (Å²) in [5, 5.41) is 9.46. The highest BCUT2D eigenvalue weighted by Crippen LogP contribution is 2.12. The van der Waals surface area contributed by atoms with Crippen LogP contribution in [0.25, 0.3) is 0 Å². The minimum atomic E-state index is -0.183. The third-order valence-corrected chi connectivity index (χ3v) is 4.38. The summed E-state index contributed by atoms with van der Waals surface area (Å²) >= 11 is 0. The van der Waals surface area contributed by atoms with Gasteiger partial charge in [0.25, 0.3) is 0 Å². The maximum Gasteiger partial charge on any atom is 0.104 e. The normalized spacial score (nSPS) is 13.0. The lowest BCUT2D eigenvalue weighted by Gasteiger charge is -2.31. The van der Waals surface area contributed by atoms with E-state index in [1.807, 2.05) is 6.92 Å². The van der Waals surface area contributed by atoms with E-state index in [0.29, 0.717) is 0 Å².